The lowest BCUT2D eigenvalue weighted by Crippen LogP contribution is -2.23. The molecule has 8 heteroatoms. The minimum absolute atomic E-state index is 0.0612. The van der Waals surface area contributed by atoms with Crippen LogP contribution in [0.2, 0.25) is 0 Å². The first-order valence-electron chi connectivity index (χ1n) is 8.00. The molecule has 1 aliphatic rings. The Morgan fingerprint density at radius 2 is 1.88 bits per heavy atom. The number of fused-ring (bicyclic) bond motifs is 1. The molecule has 0 spiro atoms. The lowest BCUT2D eigenvalue weighted by atomic mass is 10.2. The lowest BCUT2D eigenvalue weighted by Gasteiger charge is -2.09. The van der Waals surface area contributed by atoms with Crippen molar-refractivity contribution >= 4 is 20.9 Å². The second-order valence-corrected chi connectivity index (χ2v) is 8.63. The predicted molar refractivity (Wildman–Crippen MR) is 95.2 cm³/mol. The molecular formula is C17H17N3O4S. The van der Waals surface area contributed by atoms with E-state index >= 15 is 0 Å². The largest absolute Gasteiger partial charge is 0.279 e. The van der Waals surface area contributed by atoms with Gasteiger partial charge in [0.05, 0.1) is 28.6 Å². The first-order chi connectivity index (χ1) is 11.9. The zero-order valence-corrected chi connectivity index (χ0v) is 14.4. The second-order valence-electron chi connectivity index (χ2n) is 6.40. The fourth-order valence-electron chi connectivity index (χ4n) is 3.46. The van der Waals surface area contributed by atoms with Crippen molar-refractivity contribution in [3.05, 3.63) is 62.7 Å². The molecule has 0 amide bonds. The van der Waals surface area contributed by atoms with Crippen LogP contribution in [0.3, 0.4) is 0 Å². The highest BCUT2D eigenvalue weighted by Crippen LogP contribution is 2.24. The highest BCUT2D eigenvalue weighted by molar-refractivity contribution is 7.91. The van der Waals surface area contributed by atoms with E-state index < -0.39 is 15.9 Å². The van der Waals surface area contributed by atoms with Gasteiger partial charge in [-0.2, -0.15) is 0 Å². The van der Waals surface area contributed by atoms with Crippen LogP contribution in [0.4, 0.5) is 0 Å². The van der Waals surface area contributed by atoms with Crippen LogP contribution in [-0.4, -0.2) is 34.3 Å². The SMILES string of the molecule is Cc1cc(=O)n(-c2ccccc2)c2[nH]n(C3CCS(=O)(=O)C3)c(=O)c12. The van der Waals surface area contributed by atoms with Gasteiger partial charge in [-0.15, -0.1) is 0 Å². The van der Waals surface area contributed by atoms with E-state index in [4.69, 9.17) is 0 Å². The number of hydrogen-bond acceptors (Lipinski definition) is 4. The van der Waals surface area contributed by atoms with Gasteiger partial charge in [0.15, 0.2) is 9.84 Å². The van der Waals surface area contributed by atoms with Crippen LogP contribution in [0.5, 0.6) is 0 Å². The molecule has 130 valence electrons. The number of rotatable bonds is 2. The molecule has 1 atom stereocenters. The maximum absolute atomic E-state index is 12.9. The summed E-state index contributed by atoms with van der Waals surface area (Å²) in [7, 11) is -3.13. The second kappa shape index (κ2) is 5.45. The molecule has 0 radical (unpaired) electrons. The quantitative estimate of drug-likeness (QED) is 0.743. The monoisotopic (exact) mass is 359 g/mol. The van der Waals surface area contributed by atoms with Crippen LogP contribution in [0, 0.1) is 6.92 Å². The Kier molecular flexibility index (Phi) is 3.47. The molecule has 1 N–H and O–H groups in total. The van der Waals surface area contributed by atoms with E-state index in [9.17, 15) is 18.0 Å². The Bertz CT molecular complexity index is 1190. The van der Waals surface area contributed by atoms with Gasteiger partial charge >= 0.3 is 0 Å². The smallest absolute Gasteiger partial charge is 0.276 e. The van der Waals surface area contributed by atoms with E-state index in [1.165, 1.54) is 15.3 Å². The van der Waals surface area contributed by atoms with E-state index in [2.05, 4.69) is 5.10 Å². The molecule has 3 aromatic rings. The highest BCUT2D eigenvalue weighted by Gasteiger charge is 2.31. The summed E-state index contributed by atoms with van der Waals surface area (Å²) in [6.07, 6.45) is 0.393. The predicted octanol–water partition coefficient (Wildman–Crippen LogP) is 1.15. The van der Waals surface area contributed by atoms with Gasteiger partial charge in [0.1, 0.15) is 5.65 Å². The van der Waals surface area contributed by atoms with Gasteiger partial charge < -0.3 is 0 Å². The van der Waals surface area contributed by atoms with Crippen LogP contribution < -0.4 is 11.1 Å². The number of aryl methyl sites for hydroxylation is 1. The number of H-pyrrole nitrogens is 1. The van der Waals surface area contributed by atoms with Crippen LogP contribution in [0.15, 0.2) is 46.0 Å². The number of hydrogen-bond donors (Lipinski definition) is 1. The van der Waals surface area contributed by atoms with Crippen LogP contribution >= 0.6 is 0 Å². The van der Waals surface area contributed by atoms with E-state index in [1.807, 2.05) is 18.2 Å². The summed E-state index contributed by atoms with van der Waals surface area (Å²) in [5.41, 5.74) is 1.08. The summed E-state index contributed by atoms with van der Waals surface area (Å²) in [6.45, 7) is 1.71. The summed E-state index contributed by atoms with van der Waals surface area (Å²) in [5, 5.41) is 3.40. The van der Waals surface area contributed by atoms with Gasteiger partial charge in [-0.3, -0.25) is 19.3 Å². The van der Waals surface area contributed by atoms with Crippen molar-refractivity contribution in [1.29, 1.82) is 0 Å². The number of aromatic nitrogens is 3. The molecule has 0 saturated carbocycles. The third-order valence-electron chi connectivity index (χ3n) is 4.66. The number of pyridine rings is 1. The Morgan fingerprint density at radius 1 is 1.16 bits per heavy atom. The molecule has 4 rings (SSSR count). The number of nitrogens with zero attached hydrogens (tertiary/aromatic N) is 2. The standard InChI is InChI=1S/C17H17N3O4S/c1-11-9-14(21)19(12-5-3-2-4-6-12)16-15(11)17(22)20(18-16)13-7-8-25(23,24)10-13/h2-6,9,13,18H,7-8,10H2,1H3. The fraction of sp³-hybridized carbons (Fsp3) is 0.294. The van der Waals surface area contributed by atoms with Crippen molar-refractivity contribution in [3.8, 4) is 5.69 Å². The van der Waals surface area contributed by atoms with Crippen molar-refractivity contribution < 1.29 is 8.42 Å². The molecule has 1 unspecified atom stereocenters. The topological polar surface area (TPSA) is 93.9 Å². The minimum atomic E-state index is -3.13. The zero-order chi connectivity index (χ0) is 17.8. The molecule has 2 aromatic heterocycles. The molecule has 0 bridgehead atoms. The van der Waals surface area contributed by atoms with Crippen molar-refractivity contribution in [2.24, 2.45) is 0 Å². The number of para-hydroxylation sites is 1. The van der Waals surface area contributed by atoms with E-state index in [1.54, 1.807) is 19.1 Å². The number of sulfone groups is 1. The van der Waals surface area contributed by atoms with Gasteiger partial charge in [-0.1, -0.05) is 18.2 Å². The minimum Gasteiger partial charge on any atom is -0.279 e. The zero-order valence-electron chi connectivity index (χ0n) is 13.6. The molecule has 7 nitrogen and oxygen atoms in total. The fourth-order valence-corrected chi connectivity index (χ4v) is 5.16. The normalized spacial score (nSPS) is 19.5. The summed E-state index contributed by atoms with van der Waals surface area (Å²) >= 11 is 0. The Balaban J connectivity index is 2.02. The summed E-state index contributed by atoms with van der Waals surface area (Å²) in [4.78, 5) is 25.4. The first-order valence-corrected chi connectivity index (χ1v) is 9.82. The maximum atomic E-state index is 12.9. The molecule has 1 fully saturated rings. The molecule has 1 saturated heterocycles. The number of benzene rings is 1. The number of nitrogens with one attached hydrogen (secondary N) is 1. The Hall–Kier alpha value is -2.61. The van der Waals surface area contributed by atoms with E-state index in [0.29, 0.717) is 28.7 Å². The van der Waals surface area contributed by atoms with Crippen molar-refractivity contribution in [2.75, 3.05) is 11.5 Å². The van der Waals surface area contributed by atoms with Crippen LogP contribution in [0.25, 0.3) is 16.7 Å². The average Bonchev–Trinajstić information content (AvgIpc) is 3.08. The number of aromatic amines is 1. The van der Waals surface area contributed by atoms with Crippen molar-refractivity contribution in [3.63, 3.8) is 0 Å². The van der Waals surface area contributed by atoms with E-state index in [0.717, 1.165) is 0 Å². The van der Waals surface area contributed by atoms with Crippen molar-refractivity contribution in [2.45, 2.75) is 19.4 Å². The van der Waals surface area contributed by atoms with Gasteiger partial charge in [0.2, 0.25) is 0 Å². The molecule has 25 heavy (non-hydrogen) atoms. The van der Waals surface area contributed by atoms with Crippen LogP contribution in [-0.2, 0) is 9.84 Å². The van der Waals surface area contributed by atoms with Gasteiger partial charge in [0.25, 0.3) is 11.1 Å². The van der Waals surface area contributed by atoms with Gasteiger partial charge in [0, 0.05) is 6.07 Å². The molecular weight excluding hydrogens is 342 g/mol. The van der Waals surface area contributed by atoms with E-state index in [-0.39, 0.29) is 22.6 Å². The van der Waals surface area contributed by atoms with Gasteiger partial charge in [-0.05, 0) is 31.0 Å². The maximum Gasteiger partial charge on any atom is 0.276 e. The third kappa shape index (κ3) is 2.53. The highest BCUT2D eigenvalue weighted by atomic mass is 32.2. The summed E-state index contributed by atoms with van der Waals surface area (Å²) < 4.78 is 26.3. The molecule has 3 heterocycles. The third-order valence-corrected chi connectivity index (χ3v) is 6.41. The Labute approximate surface area is 143 Å². The summed E-state index contributed by atoms with van der Waals surface area (Å²) in [6, 6.07) is 10.0. The Morgan fingerprint density at radius 3 is 2.52 bits per heavy atom. The average molecular weight is 359 g/mol. The first kappa shape index (κ1) is 15.9. The lowest BCUT2D eigenvalue weighted by molar-refractivity contribution is 0.489. The molecule has 0 aliphatic carbocycles. The van der Waals surface area contributed by atoms with Gasteiger partial charge in [-0.25, -0.2) is 13.1 Å². The molecule has 1 aliphatic heterocycles. The molecule has 1 aromatic carbocycles. The van der Waals surface area contributed by atoms with Crippen LogP contribution in [0.1, 0.15) is 18.0 Å². The summed E-state index contributed by atoms with van der Waals surface area (Å²) in [5.74, 6) is 0.0122. The van der Waals surface area contributed by atoms with Crippen molar-refractivity contribution in [1.82, 2.24) is 14.3 Å².